The van der Waals surface area contributed by atoms with Gasteiger partial charge in [-0.15, -0.1) is 0 Å². The van der Waals surface area contributed by atoms with Crippen LogP contribution in [0.2, 0.25) is 0 Å². The monoisotopic (exact) mass is 207 g/mol. The first-order valence-corrected chi connectivity index (χ1v) is 5.22. The standard InChI is InChI=1S/C11H17N3O/c1-11(2,9-13)3-4-14-5-6-15-10(7-12)8-14/h10H,3-6,8H2,1-2H3. The summed E-state index contributed by atoms with van der Waals surface area (Å²) in [6, 6.07) is 4.40. The fraction of sp³-hybridized carbons (Fsp3) is 0.818. The van der Waals surface area contributed by atoms with E-state index in [2.05, 4.69) is 17.0 Å². The normalized spacial score (nSPS) is 23.1. The van der Waals surface area contributed by atoms with Gasteiger partial charge in [-0.05, 0) is 26.8 Å². The lowest BCUT2D eigenvalue weighted by molar-refractivity contribution is -0.00191. The SMILES string of the molecule is CC(C)(C#N)CCN1CCOC(C#N)C1. The van der Waals surface area contributed by atoms with Crippen molar-refractivity contribution in [1.29, 1.82) is 10.5 Å². The van der Waals surface area contributed by atoms with Gasteiger partial charge in [0, 0.05) is 13.1 Å². The number of nitriles is 2. The Kier molecular flexibility index (Phi) is 4.08. The van der Waals surface area contributed by atoms with Gasteiger partial charge in [-0.2, -0.15) is 10.5 Å². The van der Waals surface area contributed by atoms with E-state index in [0.717, 1.165) is 19.5 Å². The van der Waals surface area contributed by atoms with Crippen LogP contribution in [-0.4, -0.2) is 37.2 Å². The molecule has 1 aliphatic heterocycles. The first kappa shape index (κ1) is 12.0. The number of hydrogen-bond acceptors (Lipinski definition) is 4. The zero-order chi connectivity index (χ0) is 11.3. The zero-order valence-electron chi connectivity index (χ0n) is 9.36. The molecule has 0 amide bonds. The number of ether oxygens (including phenoxy) is 1. The van der Waals surface area contributed by atoms with Crippen molar-refractivity contribution in [1.82, 2.24) is 4.90 Å². The van der Waals surface area contributed by atoms with Gasteiger partial charge in [0.2, 0.25) is 0 Å². The Hall–Kier alpha value is -1.10. The van der Waals surface area contributed by atoms with E-state index < -0.39 is 0 Å². The van der Waals surface area contributed by atoms with Crippen LogP contribution in [0, 0.1) is 28.1 Å². The maximum atomic E-state index is 8.88. The molecule has 1 atom stereocenters. The predicted molar refractivity (Wildman–Crippen MR) is 55.8 cm³/mol. The molecule has 0 aromatic heterocycles. The lowest BCUT2D eigenvalue weighted by Crippen LogP contribution is -2.42. The van der Waals surface area contributed by atoms with Crippen LogP contribution in [0.4, 0.5) is 0 Å². The van der Waals surface area contributed by atoms with Crippen LogP contribution in [0.3, 0.4) is 0 Å². The number of hydrogen-bond donors (Lipinski definition) is 0. The summed E-state index contributed by atoms with van der Waals surface area (Å²) < 4.78 is 5.25. The van der Waals surface area contributed by atoms with E-state index in [-0.39, 0.29) is 11.5 Å². The molecule has 0 saturated carbocycles. The van der Waals surface area contributed by atoms with Crippen LogP contribution in [0.15, 0.2) is 0 Å². The highest BCUT2D eigenvalue weighted by atomic mass is 16.5. The van der Waals surface area contributed by atoms with E-state index in [1.807, 2.05) is 13.8 Å². The van der Waals surface area contributed by atoms with Gasteiger partial charge in [-0.3, -0.25) is 4.90 Å². The van der Waals surface area contributed by atoms with E-state index >= 15 is 0 Å². The van der Waals surface area contributed by atoms with Crippen molar-refractivity contribution in [2.45, 2.75) is 26.4 Å². The van der Waals surface area contributed by atoms with Gasteiger partial charge in [0.1, 0.15) is 0 Å². The highest BCUT2D eigenvalue weighted by Gasteiger charge is 2.23. The molecule has 0 bridgehead atoms. The minimum absolute atomic E-state index is 0.277. The van der Waals surface area contributed by atoms with Crippen molar-refractivity contribution in [2.75, 3.05) is 26.2 Å². The second-order valence-corrected chi connectivity index (χ2v) is 4.53. The largest absolute Gasteiger partial charge is 0.361 e. The van der Waals surface area contributed by atoms with Gasteiger partial charge in [0.25, 0.3) is 0 Å². The van der Waals surface area contributed by atoms with Crippen molar-refractivity contribution in [3.05, 3.63) is 0 Å². The third kappa shape index (κ3) is 3.87. The van der Waals surface area contributed by atoms with Crippen molar-refractivity contribution in [3.63, 3.8) is 0 Å². The van der Waals surface area contributed by atoms with Crippen LogP contribution in [-0.2, 0) is 4.74 Å². The van der Waals surface area contributed by atoms with Crippen molar-refractivity contribution >= 4 is 0 Å². The molecule has 4 heteroatoms. The summed E-state index contributed by atoms with van der Waals surface area (Å²) >= 11 is 0. The van der Waals surface area contributed by atoms with Gasteiger partial charge < -0.3 is 4.74 Å². The third-order valence-corrected chi connectivity index (χ3v) is 2.65. The molecule has 0 aromatic rings. The van der Waals surface area contributed by atoms with Crippen LogP contribution < -0.4 is 0 Å². The first-order valence-electron chi connectivity index (χ1n) is 5.22. The Morgan fingerprint density at radius 3 is 2.80 bits per heavy atom. The van der Waals surface area contributed by atoms with E-state index in [9.17, 15) is 0 Å². The molecule has 4 nitrogen and oxygen atoms in total. The molecular formula is C11H17N3O. The average Bonchev–Trinajstić information content (AvgIpc) is 2.27. The van der Waals surface area contributed by atoms with E-state index in [1.54, 1.807) is 0 Å². The molecule has 1 fully saturated rings. The fourth-order valence-corrected chi connectivity index (χ4v) is 1.48. The van der Waals surface area contributed by atoms with E-state index in [0.29, 0.717) is 13.2 Å². The quantitative estimate of drug-likeness (QED) is 0.696. The fourth-order valence-electron chi connectivity index (χ4n) is 1.48. The summed E-state index contributed by atoms with van der Waals surface area (Å²) in [6.07, 6.45) is 0.533. The predicted octanol–water partition coefficient (Wildman–Crippen LogP) is 1.15. The van der Waals surface area contributed by atoms with Crippen molar-refractivity contribution in [3.8, 4) is 12.1 Å². The Morgan fingerprint density at radius 2 is 2.20 bits per heavy atom. The molecule has 1 heterocycles. The Labute approximate surface area is 91.0 Å². The Morgan fingerprint density at radius 1 is 1.47 bits per heavy atom. The average molecular weight is 207 g/mol. The third-order valence-electron chi connectivity index (χ3n) is 2.65. The summed E-state index contributed by atoms with van der Waals surface area (Å²) in [5.41, 5.74) is -0.277. The van der Waals surface area contributed by atoms with Crippen LogP contribution in [0.25, 0.3) is 0 Å². The molecule has 0 spiro atoms. The van der Waals surface area contributed by atoms with Crippen LogP contribution >= 0.6 is 0 Å². The van der Waals surface area contributed by atoms with E-state index in [1.165, 1.54) is 0 Å². The smallest absolute Gasteiger partial charge is 0.156 e. The first-order chi connectivity index (χ1) is 7.07. The molecule has 1 aliphatic rings. The molecule has 0 aromatic carbocycles. The van der Waals surface area contributed by atoms with Gasteiger partial charge in [0.15, 0.2) is 6.10 Å². The van der Waals surface area contributed by atoms with Gasteiger partial charge >= 0.3 is 0 Å². The zero-order valence-corrected chi connectivity index (χ0v) is 9.36. The minimum Gasteiger partial charge on any atom is -0.361 e. The molecule has 82 valence electrons. The molecule has 1 saturated heterocycles. The molecule has 0 N–H and O–H groups in total. The minimum atomic E-state index is -0.302. The van der Waals surface area contributed by atoms with Crippen LogP contribution in [0.1, 0.15) is 20.3 Å². The summed E-state index contributed by atoms with van der Waals surface area (Å²) in [5, 5.41) is 17.6. The summed E-state index contributed by atoms with van der Waals surface area (Å²) in [5.74, 6) is 0. The second kappa shape index (κ2) is 5.11. The van der Waals surface area contributed by atoms with Crippen LogP contribution in [0.5, 0.6) is 0 Å². The topological polar surface area (TPSA) is 60.1 Å². The lowest BCUT2D eigenvalue weighted by Gasteiger charge is -2.31. The lowest BCUT2D eigenvalue weighted by atomic mass is 9.91. The maximum Gasteiger partial charge on any atom is 0.156 e. The van der Waals surface area contributed by atoms with Crippen molar-refractivity contribution in [2.24, 2.45) is 5.41 Å². The molecule has 0 aliphatic carbocycles. The molecule has 15 heavy (non-hydrogen) atoms. The number of nitrogens with zero attached hydrogens (tertiary/aromatic N) is 3. The summed E-state index contributed by atoms with van der Waals surface area (Å²) in [6.45, 7) is 6.88. The molecule has 1 unspecified atom stereocenters. The highest BCUT2D eigenvalue weighted by Crippen LogP contribution is 2.19. The molecular weight excluding hydrogens is 190 g/mol. The second-order valence-electron chi connectivity index (χ2n) is 4.53. The van der Waals surface area contributed by atoms with Gasteiger partial charge in [-0.25, -0.2) is 0 Å². The summed E-state index contributed by atoms with van der Waals surface area (Å²) in [4.78, 5) is 2.19. The summed E-state index contributed by atoms with van der Waals surface area (Å²) in [7, 11) is 0. The maximum absolute atomic E-state index is 8.88. The Balaban J connectivity index is 2.34. The molecule has 1 rings (SSSR count). The molecule has 0 radical (unpaired) electrons. The van der Waals surface area contributed by atoms with Crippen molar-refractivity contribution < 1.29 is 4.74 Å². The van der Waals surface area contributed by atoms with E-state index in [4.69, 9.17) is 15.3 Å². The number of rotatable bonds is 3. The van der Waals surface area contributed by atoms with Gasteiger partial charge in [-0.1, -0.05) is 0 Å². The highest BCUT2D eigenvalue weighted by molar-refractivity contribution is 4.93. The number of morpholine rings is 1. The Bertz CT molecular complexity index is 287. The van der Waals surface area contributed by atoms with Gasteiger partial charge in [0.05, 0.1) is 24.2 Å².